The van der Waals surface area contributed by atoms with Crippen molar-refractivity contribution >= 4 is 40.5 Å². The number of nitrogens with one attached hydrogen (secondary N) is 1. The maximum absolute atomic E-state index is 9.97. The van der Waals surface area contributed by atoms with Crippen molar-refractivity contribution in [3.8, 4) is 34.9 Å². The van der Waals surface area contributed by atoms with Crippen molar-refractivity contribution in [1.82, 2.24) is 19.6 Å². The molecule has 5 rings (SSSR count). The lowest BCUT2D eigenvalue weighted by Crippen LogP contribution is -2.03. The van der Waals surface area contributed by atoms with Crippen LogP contribution in [0, 0.1) is 34.8 Å². The number of halogens is 1. The fraction of sp³-hybridized carbons (Fsp3) is 0.0385. The molecule has 0 bridgehead atoms. The number of anilines is 2. The van der Waals surface area contributed by atoms with Crippen molar-refractivity contribution < 1.29 is 4.74 Å². The highest BCUT2D eigenvalue weighted by molar-refractivity contribution is 7.98. The van der Waals surface area contributed by atoms with Gasteiger partial charge >= 0.3 is 0 Å². The molecule has 1 N–H and O–H groups in total. The molecule has 0 unspecified atom stereocenters. The molecule has 0 aliphatic carbocycles. The van der Waals surface area contributed by atoms with E-state index in [1.54, 1.807) is 48.8 Å². The van der Waals surface area contributed by atoms with Crippen LogP contribution in [0.1, 0.15) is 11.1 Å². The summed E-state index contributed by atoms with van der Waals surface area (Å²) in [5.41, 5.74) is 2.47. The van der Waals surface area contributed by atoms with Gasteiger partial charge in [0.05, 0.1) is 10.6 Å². The Morgan fingerprint density at radius 2 is 1.78 bits per heavy atom. The summed E-state index contributed by atoms with van der Waals surface area (Å²) in [4.78, 5) is 8.54. The summed E-state index contributed by atoms with van der Waals surface area (Å²) in [6, 6.07) is 24.2. The number of thioether (sulfide) groups is 1. The summed E-state index contributed by atoms with van der Waals surface area (Å²) in [6.45, 7) is 0. The SMILES string of the molecule is CSc1nc2c(C#N)c(Nc3ccc(Oc4ccncc4)cc3)nn2c(-c2c#ccc(Cl)c2)c1C#N. The number of fused-ring (bicyclic) bond motifs is 1. The summed E-state index contributed by atoms with van der Waals surface area (Å²) < 4.78 is 7.27. The molecule has 0 aliphatic heterocycles. The van der Waals surface area contributed by atoms with Crippen molar-refractivity contribution in [1.29, 1.82) is 10.5 Å². The van der Waals surface area contributed by atoms with Gasteiger partial charge in [0.25, 0.3) is 0 Å². The Balaban J connectivity index is 1.58. The Morgan fingerprint density at radius 3 is 2.44 bits per heavy atom. The van der Waals surface area contributed by atoms with Crippen molar-refractivity contribution in [2.75, 3.05) is 11.6 Å². The molecule has 36 heavy (non-hydrogen) atoms. The first kappa shape index (κ1) is 23.0. The Labute approximate surface area is 215 Å². The minimum absolute atomic E-state index is 0.235. The maximum Gasteiger partial charge on any atom is 0.177 e. The van der Waals surface area contributed by atoms with Gasteiger partial charge in [-0.25, -0.2) is 9.50 Å². The molecule has 0 saturated heterocycles. The quantitative estimate of drug-likeness (QED) is 0.218. The summed E-state index contributed by atoms with van der Waals surface area (Å²) in [7, 11) is 0. The third kappa shape index (κ3) is 4.35. The second-order valence-corrected chi connectivity index (χ2v) is 8.55. The predicted molar refractivity (Wildman–Crippen MR) is 136 cm³/mol. The Hall–Kier alpha value is -4.75. The molecule has 8 nitrogen and oxygen atoms in total. The predicted octanol–water partition coefficient (Wildman–Crippen LogP) is 6.05. The monoisotopic (exact) mass is 507 g/mol. The minimum Gasteiger partial charge on any atom is -0.457 e. The van der Waals surface area contributed by atoms with E-state index < -0.39 is 0 Å². The number of nitrogens with zero attached hydrogens (tertiary/aromatic N) is 6. The van der Waals surface area contributed by atoms with E-state index in [1.165, 1.54) is 16.3 Å². The van der Waals surface area contributed by atoms with E-state index in [4.69, 9.17) is 16.3 Å². The lowest BCUT2D eigenvalue weighted by atomic mass is 10.1. The highest BCUT2D eigenvalue weighted by atomic mass is 35.5. The molecule has 0 amide bonds. The average Bonchev–Trinajstić information content (AvgIpc) is 3.25. The van der Waals surface area contributed by atoms with E-state index >= 15 is 0 Å². The molecular formula is C26H14ClN7OS. The van der Waals surface area contributed by atoms with Gasteiger partial charge in [0.2, 0.25) is 0 Å². The van der Waals surface area contributed by atoms with Gasteiger partial charge in [-0.15, -0.1) is 16.9 Å². The van der Waals surface area contributed by atoms with Gasteiger partial charge < -0.3 is 10.1 Å². The molecule has 10 heteroatoms. The van der Waals surface area contributed by atoms with Gasteiger partial charge in [0.15, 0.2) is 11.5 Å². The number of benzene rings is 1. The zero-order valence-corrected chi connectivity index (χ0v) is 20.2. The summed E-state index contributed by atoms with van der Waals surface area (Å²) in [5, 5.41) is 28.6. The van der Waals surface area contributed by atoms with Gasteiger partial charge in [-0.2, -0.15) is 10.5 Å². The van der Waals surface area contributed by atoms with Crippen LogP contribution in [0.5, 0.6) is 11.5 Å². The van der Waals surface area contributed by atoms with Crippen LogP contribution in [0.25, 0.3) is 16.9 Å². The molecule has 3 aromatic heterocycles. The minimum atomic E-state index is 0.235. The zero-order valence-electron chi connectivity index (χ0n) is 18.7. The summed E-state index contributed by atoms with van der Waals surface area (Å²) >= 11 is 7.49. The van der Waals surface area contributed by atoms with Crippen LogP contribution in [-0.4, -0.2) is 25.8 Å². The second-order valence-electron chi connectivity index (χ2n) is 7.32. The van der Waals surface area contributed by atoms with E-state index in [2.05, 4.69) is 44.7 Å². The van der Waals surface area contributed by atoms with E-state index in [1.807, 2.05) is 18.4 Å². The lowest BCUT2D eigenvalue weighted by Gasteiger charge is -2.09. The fourth-order valence-corrected chi connectivity index (χ4v) is 4.21. The largest absolute Gasteiger partial charge is 0.457 e. The molecule has 0 saturated carbocycles. The van der Waals surface area contributed by atoms with Gasteiger partial charge in [-0.3, -0.25) is 4.98 Å². The molecule has 0 aliphatic rings. The van der Waals surface area contributed by atoms with Gasteiger partial charge in [0, 0.05) is 24.1 Å². The molecule has 172 valence electrons. The van der Waals surface area contributed by atoms with Gasteiger partial charge in [-0.05, 0) is 48.7 Å². The third-order valence-corrected chi connectivity index (χ3v) is 6.00. The number of nitriles is 2. The molecule has 0 fully saturated rings. The van der Waals surface area contributed by atoms with E-state index in [0.29, 0.717) is 55.5 Å². The molecule has 0 radical (unpaired) electrons. The van der Waals surface area contributed by atoms with Crippen LogP contribution in [-0.2, 0) is 0 Å². The zero-order chi connectivity index (χ0) is 25.1. The fourth-order valence-electron chi connectivity index (χ4n) is 3.53. The van der Waals surface area contributed by atoms with Crippen molar-refractivity contribution in [3.05, 3.63) is 89.2 Å². The Kier molecular flexibility index (Phi) is 6.30. The standard InChI is InChI=1S/C26H14ClN7OS/c1-36-26-21(14-28)23(16-3-2-4-17(27)13-16)34-25(32-26)22(15-29)24(33-34)31-18-5-7-19(8-6-18)35-20-9-11-30-12-10-20/h4-13H,1H3,(H,31,33). The number of rotatable bonds is 6. The Bertz CT molecular complexity index is 1660. The van der Waals surface area contributed by atoms with Gasteiger partial charge in [0.1, 0.15) is 45.5 Å². The average molecular weight is 508 g/mol. The summed E-state index contributed by atoms with van der Waals surface area (Å²) in [5.74, 6) is 1.61. The normalized spacial score (nSPS) is 10.3. The number of aromatic nitrogens is 4. The number of hydrogen-bond donors (Lipinski definition) is 1. The number of ether oxygens (including phenoxy) is 1. The van der Waals surface area contributed by atoms with Crippen LogP contribution in [0.4, 0.5) is 11.5 Å². The second kappa shape index (κ2) is 9.85. The highest BCUT2D eigenvalue weighted by Gasteiger charge is 2.23. The summed E-state index contributed by atoms with van der Waals surface area (Å²) in [6.07, 6.45) is 5.12. The first-order valence-corrected chi connectivity index (χ1v) is 12.1. The molecular weight excluding hydrogens is 494 g/mol. The van der Waals surface area contributed by atoms with E-state index in [-0.39, 0.29) is 5.56 Å². The van der Waals surface area contributed by atoms with E-state index in [9.17, 15) is 10.5 Å². The van der Waals surface area contributed by atoms with Crippen molar-refractivity contribution in [3.63, 3.8) is 0 Å². The third-order valence-electron chi connectivity index (χ3n) is 5.10. The van der Waals surface area contributed by atoms with Crippen molar-refractivity contribution in [2.24, 2.45) is 0 Å². The van der Waals surface area contributed by atoms with E-state index in [0.717, 1.165) is 0 Å². The first-order chi connectivity index (χ1) is 17.6. The highest BCUT2D eigenvalue weighted by Crippen LogP contribution is 2.34. The first-order valence-electron chi connectivity index (χ1n) is 10.5. The molecule has 3 heterocycles. The number of hydrogen-bond acceptors (Lipinski definition) is 8. The Morgan fingerprint density at radius 1 is 1.06 bits per heavy atom. The van der Waals surface area contributed by atoms with Crippen LogP contribution >= 0.6 is 23.4 Å². The molecule has 5 aromatic rings. The van der Waals surface area contributed by atoms with Crippen LogP contribution < -0.4 is 10.1 Å². The van der Waals surface area contributed by atoms with Crippen molar-refractivity contribution in [2.45, 2.75) is 5.03 Å². The molecule has 0 spiro atoms. The van der Waals surface area contributed by atoms with Crippen LogP contribution in [0.15, 0.2) is 66.0 Å². The van der Waals surface area contributed by atoms with Crippen LogP contribution in [0.2, 0.25) is 5.02 Å². The smallest absolute Gasteiger partial charge is 0.177 e. The van der Waals surface area contributed by atoms with Crippen LogP contribution in [0.3, 0.4) is 0 Å². The topological polar surface area (TPSA) is 112 Å². The number of pyridine rings is 1. The van der Waals surface area contributed by atoms with Gasteiger partial charge in [-0.1, -0.05) is 23.7 Å². The molecule has 0 atom stereocenters. The molecule has 2 aromatic carbocycles. The maximum atomic E-state index is 9.97. The lowest BCUT2D eigenvalue weighted by molar-refractivity contribution is 0.482.